The Morgan fingerprint density at radius 1 is 1.39 bits per heavy atom. The lowest BCUT2D eigenvalue weighted by molar-refractivity contribution is -0.167. The zero-order chi connectivity index (χ0) is 13.8. The summed E-state index contributed by atoms with van der Waals surface area (Å²) in [5.74, 6) is -0.404. The van der Waals surface area contributed by atoms with Crippen LogP contribution in [0.25, 0.3) is 0 Å². The van der Waals surface area contributed by atoms with Crippen molar-refractivity contribution in [1.82, 2.24) is 10.2 Å². The third-order valence-electron chi connectivity index (χ3n) is 3.37. The fraction of sp³-hybridized carbons (Fsp3) is 0.917. The Morgan fingerprint density at radius 2 is 2.00 bits per heavy atom. The fourth-order valence-corrected chi connectivity index (χ4v) is 2.41. The van der Waals surface area contributed by atoms with E-state index in [1.807, 2.05) is 13.8 Å². The van der Waals surface area contributed by atoms with Crippen molar-refractivity contribution < 1.29 is 18.0 Å². The van der Waals surface area contributed by atoms with Gasteiger partial charge in [-0.15, -0.1) is 0 Å². The highest BCUT2D eigenvalue weighted by atomic mass is 19.4. The Morgan fingerprint density at radius 3 is 2.39 bits per heavy atom. The van der Waals surface area contributed by atoms with E-state index >= 15 is 0 Å². The van der Waals surface area contributed by atoms with Crippen LogP contribution in [0.3, 0.4) is 0 Å². The zero-order valence-corrected chi connectivity index (χ0v) is 10.9. The SMILES string of the molecule is CCC(CC)N(CC(F)(F)F)C(=O)[C@H]1CCCN1. The van der Waals surface area contributed by atoms with Crippen LogP contribution in [0.15, 0.2) is 0 Å². The minimum absolute atomic E-state index is 0.332. The minimum atomic E-state index is -4.34. The van der Waals surface area contributed by atoms with Gasteiger partial charge in [0, 0.05) is 6.04 Å². The second kappa shape index (κ2) is 6.41. The molecule has 3 nitrogen and oxygen atoms in total. The molecule has 1 amide bonds. The molecule has 1 heterocycles. The highest BCUT2D eigenvalue weighted by molar-refractivity contribution is 5.82. The summed E-state index contributed by atoms with van der Waals surface area (Å²) in [6.45, 7) is 3.19. The summed E-state index contributed by atoms with van der Waals surface area (Å²) in [6.07, 6.45) is -1.76. The van der Waals surface area contributed by atoms with Crippen LogP contribution in [0.5, 0.6) is 0 Å². The zero-order valence-electron chi connectivity index (χ0n) is 10.9. The summed E-state index contributed by atoms with van der Waals surface area (Å²) in [6, 6.07) is -0.769. The van der Waals surface area contributed by atoms with E-state index in [1.54, 1.807) is 0 Å². The Labute approximate surface area is 106 Å². The van der Waals surface area contributed by atoms with Gasteiger partial charge in [-0.3, -0.25) is 4.79 Å². The van der Waals surface area contributed by atoms with E-state index in [2.05, 4.69) is 5.32 Å². The molecule has 1 rings (SSSR count). The number of carbonyl (C=O) groups is 1. The van der Waals surface area contributed by atoms with Crippen LogP contribution in [0.1, 0.15) is 39.5 Å². The second-order valence-corrected chi connectivity index (χ2v) is 4.70. The lowest BCUT2D eigenvalue weighted by Gasteiger charge is -2.33. The summed E-state index contributed by atoms with van der Waals surface area (Å²) in [7, 11) is 0. The maximum Gasteiger partial charge on any atom is 0.406 e. The smallest absolute Gasteiger partial charge is 0.329 e. The molecule has 0 bridgehead atoms. The van der Waals surface area contributed by atoms with Crippen molar-refractivity contribution >= 4 is 5.91 Å². The van der Waals surface area contributed by atoms with Gasteiger partial charge in [-0.2, -0.15) is 13.2 Å². The standard InChI is InChI=1S/C12H21F3N2O/c1-3-9(4-2)17(8-12(13,14)15)11(18)10-6-5-7-16-10/h9-10,16H,3-8H2,1-2H3/t10-/m1/s1. The lowest BCUT2D eigenvalue weighted by atomic mass is 10.1. The van der Waals surface area contributed by atoms with Crippen molar-refractivity contribution in [1.29, 1.82) is 0 Å². The second-order valence-electron chi connectivity index (χ2n) is 4.70. The van der Waals surface area contributed by atoms with Crippen molar-refractivity contribution in [3.63, 3.8) is 0 Å². The Kier molecular flexibility index (Phi) is 5.44. The summed E-state index contributed by atoms with van der Waals surface area (Å²) in [5.41, 5.74) is 0. The van der Waals surface area contributed by atoms with Crippen LogP contribution in [0.4, 0.5) is 13.2 Å². The van der Waals surface area contributed by atoms with Crippen LogP contribution < -0.4 is 5.32 Å². The first-order chi connectivity index (χ1) is 8.39. The van der Waals surface area contributed by atoms with Crippen molar-refractivity contribution in [3.05, 3.63) is 0 Å². The van der Waals surface area contributed by atoms with Crippen molar-refractivity contribution in [2.24, 2.45) is 0 Å². The minimum Gasteiger partial charge on any atom is -0.329 e. The van der Waals surface area contributed by atoms with Gasteiger partial charge in [-0.1, -0.05) is 13.8 Å². The third kappa shape index (κ3) is 4.15. The van der Waals surface area contributed by atoms with Crippen molar-refractivity contribution in [2.75, 3.05) is 13.1 Å². The molecule has 6 heteroatoms. The van der Waals surface area contributed by atoms with Crippen molar-refractivity contribution in [2.45, 2.75) is 57.8 Å². The van der Waals surface area contributed by atoms with E-state index in [9.17, 15) is 18.0 Å². The van der Waals surface area contributed by atoms with Gasteiger partial charge in [0.25, 0.3) is 0 Å². The first kappa shape index (κ1) is 15.3. The summed E-state index contributed by atoms with van der Waals surface area (Å²) in [5, 5.41) is 2.97. The van der Waals surface area contributed by atoms with Gasteiger partial charge in [0.2, 0.25) is 5.91 Å². The molecule has 1 saturated heterocycles. The molecule has 106 valence electrons. The molecular formula is C12H21F3N2O. The van der Waals surface area contributed by atoms with Gasteiger partial charge in [0.1, 0.15) is 6.54 Å². The van der Waals surface area contributed by atoms with Crippen LogP contribution >= 0.6 is 0 Å². The molecule has 0 aromatic heterocycles. The quantitative estimate of drug-likeness (QED) is 0.828. The number of carbonyl (C=O) groups excluding carboxylic acids is 1. The third-order valence-corrected chi connectivity index (χ3v) is 3.37. The highest BCUT2D eigenvalue weighted by Gasteiger charge is 2.38. The number of halogens is 3. The lowest BCUT2D eigenvalue weighted by Crippen LogP contribution is -2.51. The van der Waals surface area contributed by atoms with E-state index in [-0.39, 0.29) is 6.04 Å². The van der Waals surface area contributed by atoms with Gasteiger partial charge in [0.05, 0.1) is 6.04 Å². The molecule has 0 saturated carbocycles. The highest BCUT2D eigenvalue weighted by Crippen LogP contribution is 2.22. The average molecular weight is 266 g/mol. The molecule has 18 heavy (non-hydrogen) atoms. The molecule has 1 aliphatic rings. The van der Waals surface area contributed by atoms with Crippen LogP contribution in [-0.4, -0.2) is 42.2 Å². The molecule has 1 N–H and O–H groups in total. The maximum absolute atomic E-state index is 12.6. The molecule has 0 aromatic rings. The van der Waals surface area contributed by atoms with Crippen LogP contribution in [-0.2, 0) is 4.79 Å². The van der Waals surface area contributed by atoms with Crippen LogP contribution in [0.2, 0.25) is 0 Å². The molecular weight excluding hydrogens is 245 g/mol. The summed E-state index contributed by atoms with van der Waals surface area (Å²) in [4.78, 5) is 13.1. The predicted molar refractivity (Wildman–Crippen MR) is 63.2 cm³/mol. The number of rotatable bonds is 5. The Bertz CT molecular complexity index is 271. The number of nitrogens with zero attached hydrogens (tertiary/aromatic N) is 1. The van der Waals surface area contributed by atoms with Gasteiger partial charge in [0.15, 0.2) is 0 Å². The normalized spacial score (nSPS) is 20.4. The number of amides is 1. The summed E-state index contributed by atoms with van der Waals surface area (Å²) < 4.78 is 37.7. The van der Waals surface area contributed by atoms with E-state index in [0.29, 0.717) is 25.8 Å². The molecule has 0 aromatic carbocycles. The number of hydrogen-bond donors (Lipinski definition) is 1. The topological polar surface area (TPSA) is 32.3 Å². The molecule has 0 spiro atoms. The Hall–Kier alpha value is -0.780. The number of hydrogen-bond acceptors (Lipinski definition) is 2. The molecule has 1 fully saturated rings. The molecule has 1 atom stereocenters. The predicted octanol–water partition coefficient (Wildman–Crippen LogP) is 2.32. The number of alkyl halides is 3. The van der Waals surface area contributed by atoms with Gasteiger partial charge in [-0.25, -0.2) is 0 Å². The number of nitrogens with one attached hydrogen (secondary N) is 1. The van der Waals surface area contributed by atoms with E-state index in [4.69, 9.17) is 0 Å². The molecule has 1 aliphatic heterocycles. The monoisotopic (exact) mass is 266 g/mol. The fourth-order valence-electron chi connectivity index (χ4n) is 2.41. The van der Waals surface area contributed by atoms with E-state index in [0.717, 1.165) is 11.3 Å². The van der Waals surface area contributed by atoms with Gasteiger partial charge >= 0.3 is 6.18 Å². The first-order valence-corrected chi connectivity index (χ1v) is 6.49. The largest absolute Gasteiger partial charge is 0.406 e. The summed E-state index contributed by atoms with van der Waals surface area (Å²) >= 11 is 0. The van der Waals surface area contributed by atoms with E-state index < -0.39 is 24.7 Å². The maximum atomic E-state index is 12.6. The van der Waals surface area contributed by atoms with Crippen molar-refractivity contribution in [3.8, 4) is 0 Å². The molecule has 0 radical (unpaired) electrons. The van der Waals surface area contributed by atoms with Crippen LogP contribution in [0, 0.1) is 0 Å². The molecule has 0 unspecified atom stereocenters. The van der Waals surface area contributed by atoms with E-state index in [1.165, 1.54) is 0 Å². The Balaban J connectivity index is 2.77. The average Bonchev–Trinajstić information content (AvgIpc) is 2.80. The van der Waals surface area contributed by atoms with Gasteiger partial charge < -0.3 is 10.2 Å². The molecule has 0 aliphatic carbocycles. The van der Waals surface area contributed by atoms with Gasteiger partial charge in [-0.05, 0) is 32.2 Å². The first-order valence-electron chi connectivity index (χ1n) is 6.49.